The van der Waals surface area contributed by atoms with Crippen molar-refractivity contribution in [3.8, 4) is 0 Å². The number of ether oxygens (including phenoxy) is 3. The van der Waals surface area contributed by atoms with E-state index >= 15 is 0 Å². The lowest BCUT2D eigenvalue weighted by atomic mass is 9.57. The van der Waals surface area contributed by atoms with Gasteiger partial charge in [0.15, 0.2) is 6.10 Å². The number of carbonyl (C=O) groups excluding carboxylic acids is 1. The van der Waals surface area contributed by atoms with Gasteiger partial charge in [0.25, 0.3) is 0 Å². The van der Waals surface area contributed by atoms with E-state index in [9.17, 15) is 24.9 Å². The number of aliphatic carboxylic acids is 1. The van der Waals surface area contributed by atoms with E-state index in [1.165, 1.54) is 7.11 Å². The summed E-state index contributed by atoms with van der Waals surface area (Å²) >= 11 is 0. The van der Waals surface area contributed by atoms with Crippen LogP contribution in [0.3, 0.4) is 0 Å². The Morgan fingerprint density at radius 1 is 1.31 bits per heavy atom. The molecule has 1 saturated carbocycles. The van der Waals surface area contributed by atoms with Gasteiger partial charge in [-0.15, -0.1) is 0 Å². The van der Waals surface area contributed by atoms with E-state index in [0.717, 1.165) is 5.57 Å². The van der Waals surface area contributed by atoms with E-state index in [1.807, 2.05) is 39.0 Å². The molecular weight excluding hydrogens is 466 g/mol. The first-order valence-corrected chi connectivity index (χ1v) is 12.5. The number of hydrogen-bond donors (Lipinski definition) is 4. The summed E-state index contributed by atoms with van der Waals surface area (Å²) in [6, 6.07) is 3.33. The summed E-state index contributed by atoms with van der Waals surface area (Å²) in [7, 11) is 1.36. The van der Waals surface area contributed by atoms with Crippen LogP contribution in [0.15, 0.2) is 42.1 Å². The van der Waals surface area contributed by atoms with Crippen molar-refractivity contribution < 1.29 is 39.1 Å². The molecule has 2 heterocycles. The Labute approximate surface area is 211 Å². The average molecular weight is 504 g/mol. The maximum absolute atomic E-state index is 12.8. The number of nitrogens with one attached hydrogen (secondary N) is 1. The van der Waals surface area contributed by atoms with Crippen LogP contribution in [0, 0.1) is 29.6 Å². The van der Waals surface area contributed by atoms with Crippen LogP contribution in [0.1, 0.15) is 44.6 Å². The van der Waals surface area contributed by atoms with Crippen LogP contribution in [-0.4, -0.2) is 75.5 Å². The number of aliphatic hydroxyl groups excluding tert-OH is 2. The Bertz CT molecular complexity index is 1020. The van der Waals surface area contributed by atoms with Crippen LogP contribution in [0.4, 0.5) is 0 Å². The first-order chi connectivity index (χ1) is 17.0. The molecule has 198 valence electrons. The van der Waals surface area contributed by atoms with Crippen molar-refractivity contribution in [3.05, 3.63) is 47.8 Å². The van der Waals surface area contributed by atoms with E-state index < -0.39 is 59.9 Å². The monoisotopic (exact) mass is 503 g/mol. The predicted molar refractivity (Wildman–Crippen MR) is 130 cm³/mol. The molecule has 1 aromatic rings. The third-order valence-corrected chi connectivity index (χ3v) is 8.46. The van der Waals surface area contributed by atoms with Gasteiger partial charge in [-0.1, -0.05) is 32.1 Å². The fourth-order valence-electron chi connectivity index (χ4n) is 6.34. The minimum Gasteiger partial charge on any atom is -0.479 e. The highest BCUT2D eigenvalue weighted by molar-refractivity contribution is 5.87. The molecule has 1 aromatic heterocycles. The SMILES string of the molecule is COC(C[C@H]1C=C[C@H]2[C@H]3O[C@]1(/C(C)=C/C(C)C(C)O)[C@@H]2[C@H](O)[C@@H](C)[C@H]3OC(=O)c1ccc[nH]1)C(=O)O. The molecule has 0 spiro atoms. The number of carboxylic acid groups (broad SMARTS) is 1. The lowest BCUT2D eigenvalue weighted by Gasteiger charge is -2.48. The van der Waals surface area contributed by atoms with Crippen molar-refractivity contribution >= 4 is 11.9 Å². The van der Waals surface area contributed by atoms with Gasteiger partial charge in [0.2, 0.25) is 0 Å². The quantitative estimate of drug-likeness (QED) is 0.298. The molecule has 0 radical (unpaired) electrons. The second-order valence-corrected chi connectivity index (χ2v) is 10.5. The number of H-pyrrole nitrogens is 1. The second-order valence-electron chi connectivity index (χ2n) is 10.5. The Morgan fingerprint density at radius 3 is 2.61 bits per heavy atom. The van der Waals surface area contributed by atoms with Crippen molar-refractivity contribution in [3.63, 3.8) is 0 Å². The molecule has 1 aliphatic heterocycles. The highest BCUT2D eigenvalue weighted by Gasteiger charge is 2.68. The maximum Gasteiger partial charge on any atom is 0.355 e. The molecule has 2 fully saturated rings. The fraction of sp³-hybridized carbons (Fsp3) is 0.630. The van der Waals surface area contributed by atoms with Gasteiger partial charge in [0, 0.05) is 42.9 Å². The predicted octanol–water partition coefficient (Wildman–Crippen LogP) is 2.56. The molecule has 4 N–H and O–H groups in total. The molecule has 3 aliphatic rings. The van der Waals surface area contributed by atoms with E-state index in [1.54, 1.807) is 25.3 Å². The summed E-state index contributed by atoms with van der Waals surface area (Å²) in [6.07, 6.45) is 3.87. The van der Waals surface area contributed by atoms with Crippen molar-refractivity contribution in [1.82, 2.24) is 4.98 Å². The molecule has 0 aromatic carbocycles. The molecule has 4 bridgehead atoms. The van der Waals surface area contributed by atoms with Crippen LogP contribution >= 0.6 is 0 Å². The van der Waals surface area contributed by atoms with Crippen molar-refractivity contribution in [2.24, 2.45) is 29.6 Å². The third kappa shape index (κ3) is 4.32. The number of rotatable bonds is 9. The standard InChI is InChI=1S/C27H37NO8/c1-13(16(4)29)11-14(2)27-17(12-20(34-5)25(31)32)8-9-18-21(27)22(30)15(3)23(24(18)36-27)35-26(33)19-7-6-10-28-19/h6-11,13,15-18,20-24,28-30H,12H2,1-5H3,(H,31,32)/b14-11+/t13?,15-,16?,17-,18-,20?,21+,22-,23-,24-,27+/m1/s1. The van der Waals surface area contributed by atoms with E-state index in [2.05, 4.69) is 4.98 Å². The largest absolute Gasteiger partial charge is 0.479 e. The number of carboxylic acids is 1. The van der Waals surface area contributed by atoms with Crippen molar-refractivity contribution in [1.29, 1.82) is 0 Å². The number of hydrogen-bond acceptors (Lipinski definition) is 7. The maximum atomic E-state index is 12.8. The molecule has 1 saturated heterocycles. The van der Waals surface area contributed by atoms with Gasteiger partial charge in [0.1, 0.15) is 23.5 Å². The zero-order valence-corrected chi connectivity index (χ0v) is 21.3. The Kier molecular flexibility index (Phi) is 7.48. The van der Waals surface area contributed by atoms with E-state index in [-0.39, 0.29) is 24.2 Å². The molecule has 9 heteroatoms. The number of carbonyl (C=O) groups is 2. The summed E-state index contributed by atoms with van der Waals surface area (Å²) < 4.78 is 18.0. The van der Waals surface area contributed by atoms with Crippen LogP contribution in [-0.2, 0) is 19.0 Å². The van der Waals surface area contributed by atoms with Crippen LogP contribution in [0.25, 0.3) is 0 Å². The number of aromatic amines is 1. The lowest BCUT2D eigenvalue weighted by molar-refractivity contribution is -0.151. The van der Waals surface area contributed by atoms with Gasteiger partial charge >= 0.3 is 11.9 Å². The topological polar surface area (TPSA) is 138 Å². The lowest BCUT2D eigenvalue weighted by Crippen LogP contribution is -2.57. The van der Waals surface area contributed by atoms with Crippen LogP contribution < -0.4 is 0 Å². The van der Waals surface area contributed by atoms with Gasteiger partial charge in [-0.2, -0.15) is 0 Å². The molecular formula is C27H37NO8. The van der Waals surface area contributed by atoms with Crippen LogP contribution in [0.2, 0.25) is 0 Å². The number of aromatic nitrogens is 1. The zero-order chi connectivity index (χ0) is 26.4. The Balaban J connectivity index is 1.76. The Hall–Kier alpha value is -2.46. The summed E-state index contributed by atoms with van der Waals surface area (Å²) in [6.45, 7) is 7.36. The molecule has 2 aliphatic carbocycles. The van der Waals surface area contributed by atoms with Crippen LogP contribution in [0.5, 0.6) is 0 Å². The molecule has 9 nitrogen and oxygen atoms in total. The number of methoxy groups -OCH3 is 1. The highest BCUT2D eigenvalue weighted by atomic mass is 16.6. The molecule has 11 atom stereocenters. The van der Waals surface area contributed by atoms with Gasteiger partial charge in [-0.05, 0) is 38.0 Å². The van der Waals surface area contributed by atoms with Crippen molar-refractivity contribution in [2.45, 2.75) is 70.2 Å². The minimum absolute atomic E-state index is 0.139. The zero-order valence-electron chi connectivity index (χ0n) is 21.3. The fourth-order valence-corrected chi connectivity index (χ4v) is 6.34. The third-order valence-electron chi connectivity index (χ3n) is 8.46. The van der Waals surface area contributed by atoms with E-state index in [4.69, 9.17) is 14.2 Å². The summed E-state index contributed by atoms with van der Waals surface area (Å²) in [4.78, 5) is 27.5. The molecule has 4 rings (SSSR count). The molecule has 3 unspecified atom stereocenters. The average Bonchev–Trinajstić information content (AvgIpc) is 3.43. The summed E-state index contributed by atoms with van der Waals surface area (Å²) in [5.74, 6) is -3.23. The first-order valence-electron chi connectivity index (χ1n) is 12.5. The van der Waals surface area contributed by atoms with Gasteiger partial charge in [0.05, 0.1) is 12.2 Å². The van der Waals surface area contributed by atoms with Crippen molar-refractivity contribution in [2.75, 3.05) is 7.11 Å². The second kappa shape index (κ2) is 10.1. The summed E-state index contributed by atoms with van der Waals surface area (Å²) in [5.41, 5.74) is 0.0838. The highest BCUT2D eigenvalue weighted by Crippen LogP contribution is 2.61. The van der Waals surface area contributed by atoms with Gasteiger partial charge < -0.3 is 34.5 Å². The normalized spacial score (nSPS) is 37.9. The smallest absolute Gasteiger partial charge is 0.355 e. The Morgan fingerprint density at radius 2 is 2.03 bits per heavy atom. The van der Waals surface area contributed by atoms with Gasteiger partial charge in [-0.25, -0.2) is 9.59 Å². The summed E-state index contributed by atoms with van der Waals surface area (Å²) in [5, 5.41) is 31.5. The first kappa shape index (κ1) is 26.6. The minimum atomic E-state index is -1.07. The molecule has 36 heavy (non-hydrogen) atoms. The number of aliphatic hydroxyl groups is 2. The van der Waals surface area contributed by atoms with E-state index in [0.29, 0.717) is 5.69 Å². The van der Waals surface area contributed by atoms with Gasteiger partial charge in [-0.3, -0.25) is 0 Å². The number of esters is 1. The molecule has 0 amide bonds.